The molecule has 5 heteroatoms. The van der Waals surface area contributed by atoms with Crippen molar-refractivity contribution in [3.8, 4) is 5.75 Å². The van der Waals surface area contributed by atoms with Crippen LogP contribution in [-0.4, -0.2) is 19.6 Å². The fourth-order valence-corrected chi connectivity index (χ4v) is 2.52. The van der Waals surface area contributed by atoms with Crippen LogP contribution in [0.4, 0.5) is 4.39 Å². The maximum atomic E-state index is 13.7. The Hall–Kier alpha value is -1.88. The van der Waals surface area contributed by atoms with Crippen LogP contribution in [0.25, 0.3) is 0 Å². The van der Waals surface area contributed by atoms with E-state index in [4.69, 9.17) is 4.74 Å². The highest BCUT2D eigenvalue weighted by atomic mass is 79.9. The molecule has 0 unspecified atom stereocenters. The number of hydrogen-bond acceptors (Lipinski definition) is 2. The molecule has 0 aromatic heterocycles. The van der Waals surface area contributed by atoms with Gasteiger partial charge in [-0.1, -0.05) is 33.6 Å². The van der Waals surface area contributed by atoms with Crippen molar-refractivity contribution in [2.75, 3.05) is 13.7 Å². The van der Waals surface area contributed by atoms with Gasteiger partial charge in [0.25, 0.3) is 5.91 Å². The molecule has 0 aliphatic rings. The average molecular weight is 366 g/mol. The van der Waals surface area contributed by atoms with Gasteiger partial charge in [0, 0.05) is 11.0 Å². The fraction of sp³-hybridized carbons (Fsp3) is 0.235. The maximum Gasteiger partial charge on any atom is 0.254 e. The third kappa shape index (κ3) is 4.07. The largest absolute Gasteiger partial charge is 0.496 e. The molecular weight excluding hydrogens is 349 g/mol. The van der Waals surface area contributed by atoms with Crippen LogP contribution in [-0.2, 0) is 6.42 Å². The highest BCUT2D eigenvalue weighted by Gasteiger charge is 2.12. The van der Waals surface area contributed by atoms with Gasteiger partial charge in [-0.15, -0.1) is 0 Å². The molecule has 0 radical (unpaired) electrons. The Balaban J connectivity index is 1.99. The van der Waals surface area contributed by atoms with Crippen molar-refractivity contribution in [1.82, 2.24) is 5.32 Å². The Labute approximate surface area is 137 Å². The van der Waals surface area contributed by atoms with E-state index in [0.29, 0.717) is 17.4 Å². The molecule has 1 N–H and O–H groups in total. The minimum Gasteiger partial charge on any atom is -0.496 e. The lowest BCUT2D eigenvalue weighted by Gasteiger charge is -2.10. The Bertz CT molecular complexity index is 688. The van der Waals surface area contributed by atoms with Crippen LogP contribution < -0.4 is 10.1 Å². The molecule has 0 bridgehead atoms. The molecule has 0 atom stereocenters. The van der Waals surface area contributed by atoms with E-state index in [0.717, 1.165) is 16.9 Å². The molecule has 2 aromatic carbocycles. The topological polar surface area (TPSA) is 38.3 Å². The van der Waals surface area contributed by atoms with E-state index in [2.05, 4.69) is 21.2 Å². The van der Waals surface area contributed by atoms with Crippen LogP contribution in [0.15, 0.2) is 40.9 Å². The second-order valence-corrected chi connectivity index (χ2v) is 5.86. The number of methoxy groups -OCH3 is 1. The zero-order valence-electron chi connectivity index (χ0n) is 12.5. The number of hydrogen-bond donors (Lipinski definition) is 1. The van der Waals surface area contributed by atoms with Crippen LogP contribution in [0.1, 0.15) is 21.5 Å². The van der Waals surface area contributed by atoms with E-state index in [-0.39, 0.29) is 5.56 Å². The summed E-state index contributed by atoms with van der Waals surface area (Å²) in [6.07, 6.45) is 0.620. The van der Waals surface area contributed by atoms with E-state index in [9.17, 15) is 9.18 Å². The summed E-state index contributed by atoms with van der Waals surface area (Å²) in [6, 6.07) is 10.3. The predicted octanol–water partition coefficient (Wildman–Crippen LogP) is 3.88. The van der Waals surface area contributed by atoms with E-state index in [1.165, 1.54) is 12.1 Å². The Morgan fingerprint density at radius 2 is 2.05 bits per heavy atom. The van der Waals surface area contributed by atoms with Gasteiger partial charge in [-0.05, 0) is 43.2 Å². The van der Waals surface area contributed by atoms with Crippen LogP contribution in [0.3, 0.4) is 0 Å². The molecule has 0 aliphatic heterocycles. The second kappa shape index (κ2) is 7.40. The van der Waals surface area contributed by atoms with Crippen molar-refractivity contribution in [2.24, 2.45) is 0 Å². The number of benzene rings is 2. The molecule has 0 spiro atoms. The summed E-state index contributed by atoms with van der Waals surface area (Å²) >= 11 is 3.17. The van der Waals surface area contributed by atoms with Gasteiger partial charge < -0.3 is 10.1 Å². The zero-order valence-corrected chi connectivity index (χ0v) is 14.0. The highest BCUT2D eigenvalue weighted by molar-refractivity contribution is 9.10. The van der Waals surface area contributed by atoms with Crippen molar-refractivity contribution in [1.29, 1.82) is 0 Å². The smallest absolute Gasteiger partial charge is 0.254 e. The molecule has 0 heterocycles. The van der Waals surface area contributed by atoms with Crippen LogP contribution >= 0.6 is 15.9 Å². The van der Waals surface area contributed by atoms with Crippen LogP contribution in [0.2, 0.25) is 0 Å². The Morgan fingerprint density at radius 1 is 1.27 bits per heavy atom. The average Bonchev–Trinajstić information content (AvgIpc) is 2.47. The standard InChI is InChI=1S/C17H17BrFNO2/c1-11-3-6-16(22-2)12(9-11)7-8-20-17(21)14-5-4-13(18)10-15(14)19/h3-6,9-10H,7-8H2,1-2H3,(H,20,21). The lowest BCUT2D eigenvalue weighted by molar-refractivity contribution is 0.0950. The first-order valence-corrected chi connectivity index (χ1v) is 7.67. The summed E-state index contributed by atoms with van der Waals surface area (Å²) in [4.78, 5) is 12.0. The number of amides is 1. The number of rotatable bonds is 5. The number of nitrogens with one attached hydrogen (secondary N) is 1. The SMILES string of the molecule is COc1ccc(C)cc1CCNC(=O)c1ccc(Br)cc1F. The van der Waals surface area contributed by atoms with E-state index in [1.54, 1.807) is 13.2 Å². The van der Waals surface area contributed by atoms with Gasteiger partial charge in [-0.3, -0.25) is 4.79 Å². The number of carbonyl (C=O) groups is 1. The van der Waals surface area contributed by atoms with Gasteiger partial charge in [0.1, 0.15) is 11.6 Å². The van der Waals surface area contributed by atoms with Gasteiger partial charge in [0.15, 0.2) is 0 Å². The maximum absolute atomic E-state index is 13.7. The van der Waals surface area contributed by atoms with Crippen LogP contribution in [0.5, 0.6) is 5.75 Å². The minimum absolute atomic E-state index is 0.0411. The minimum atomic E-state index is -0.542. The number of ether oxygens (including phenoxy) is 1. The molecule has 3 nitrogen and oxygen atoms in total. The summed E-state index contributed by atoms with van der Waals surface area (Å²) in [5.74, 6) is -0.175. The molecule has 116 valence electrons. The van der Waals surface area contributed by atoms with Crippen molar-refractivity contribution < 1.29 is 13.9 Å². The first kappa shape index (κ1) is 16.5. The van der Waals surface area contributed by atoms with Crippen molar-refractivity contribution in [3.63, 3.8) is 0 Å². The van der Waals surface area contributed by atoms with E-state index < -0.39 is 11.7 Å². The Kier molecular flexibility index (Phi) is 5.55. The summed E-state index contributed by atoms with van der Waals surface area (Å²) in [7, 11) is 1.62. The Morgan fingerprint density at radius 3 is 2.73 bits per heavy atom. The first-order chi connectivity index (χ1) is 10.5. The molecule has 22 heavy (non-hydrogen) atoms. The number of aryl methyl sites for hydroxylation is 1. The second-order valence-electron chi connectivity index (χ2n) is 4.95. The third-order valence-electron chi connectivity index (χ3n) is 3.29. The number of carbonyl (C=O) groups excluding carboxylic acids is 1. The van der Waals surface area contributed by atoms with Gasteiger partial charge >= 0.3 is 0 Å². The molecule has 2 rings (SSSR count). The zero-order chi connectivity index (χ0) is 16.1. The lowest BCUT2D eigenvalue weighted by atomic mass is 10.1. The monoisotopic (exact) mass is 365 g/mol. The summed E-state index contributed by atoms with van der Waals surface area (Å²) in [5.41, 5.74) is 2.18. The first-order valence-electron chi connectivity index (χ1n) is 6.88. The normalized spacial score (nSPS) is 10.4. The van der Waals surface area contributed by atoms with E-state index in [1.807, 2.05) is 25.1 Å². The van der Waals surface area contributed by atoms with Gasteiger partial charge in [0.2, 0.25) is 0 Å². The van der Waals surface area contributed by atoms with Gasteiger partial charge in [-0.2, -0.15) is 0 Å². The van der Waals surface area contributed by atoms with Gasteiger partial charge in [0.05, 0.1) is 12.7 Å². The fourth-order valence-electron chi connectivity index (χ4n) is 2.18. The summed E-state index contributed by atoms with van der Waals surface area (Å²) in [5, 5.41) is 2.73. The van der Waals surface area contributed by atoms with Crippen molar-refractivity contribution in [2.45, 2.75) is 13.3 Å². The molecule has 0 fully saturated rings. The molecule has 0 aliphatic carbocycles. The molecule has 1 amide bonds. The highest BCUT2D eigenvalue weighted by Crippen LogP contribution is 2.20. The van der Waals surface area contributed by atoms with E-state index >= 15 is 0 Å². The summed E-state index contributed by atoms with van der Waals surface area (Å²) in [6.45, 7) is 2.41. The molecule has 0 saturated carbocycles. The molecular formula is C17H17BrFNO2. The summed E-state index contributed by atoms with van der Waals surface area (Å²) < 4.78 is 19.6. The van der Waals surface area contributed by atoms with Gasteiger partial charge in [-0.25, -0.2) is 4.39 Å². The molecule has 2 aromatic rings. The molecule has 0 saturated heterocycles. The van der Waals surface area contributed by atoms with Crippen molar-refractivity contribution >= 4 is 21.8 Å². The lowest BCUT2D eigenvalue weighted by Crippen LogP contribution is -2.26. The quantitative estimate of drug-likeness (QED) is 0.872. The van der Waals surface area contributed by atoms with Crippen LogP contribution in [0, 0.1) is 12.7 Å². The van der Waals surface area contributed by atoms with Crippen molar-refractivity contribution in [3.05, 3.63) is 63.4 Å². The number of halogens is 2. The predicted molar refractivity (Wildman–Crippen MR) is 87.9 cm³/mol. The third-order valence-corrected chi connectivity index (χ3v) is 3.78.